The Bertz CT molecular complexity index is 333. The number of allylic oxidation sites excluding steroid dienone is 1. The van der Waals surface area contributed by atoms with Gasteiger partial charge in [0.1, 0.15) is 0 Å². The maximum absolute atomic E-state index is 11.2. The van der Waals surface area contributed by atoms with Crippen LogP contribution in [0.3, 0.4) is 0 Å². The third kappa shape index (κ3) is 8.69. The van der Waals surface area contributed by atoms with Gasteiger partial charge in [-0.05, 0) is 12.8 Å². The van der Waals surface area contributed by atoms with Crippen molar-refractivity contribution in [3.8, 4) is 0 Å². The highest BCUT2D eigenvalue weighted by molar-refractivity contribution is 5.95. The van der Waals surface area contributed by atoms with E-state index in [2.05, 4.69) is 11.7 Å². The normalized spacial score (nSPS) is 18.6. The van der Waals surface area contributed by atoms with Gasteiger partial charge in [-0.2, -0.15) is 0 Å². The van der Waals surface area contributed by atoms with Gasteiger partial charge in [-0.25, -0.2) is 0 Å². The molecular formula is C18H30O3. The molecule has 1 rings (SSSR count). The zero-order valence-corrected chi connectivity index (χ0v) is 13.4. The Balaban J connectivity index is 1.86. The van der Waals surface area contributed by atoms with Gasteiger partial charge in [0.25, 0.3) is 0 Å². The van der Waals surface area contributed by atoms with Crippen LogP contribution in [0.2, 0.25) is 0 Å². The van der Waals surface area contributed by atoms with Crippen molar-refractivity contribution in [3.05, 3.63) is 12.2 Å². The zero-order valence-electron chi connectivity index (χ0n) is 13.4. The van der Waals surface area contributed by atoms with E-state index in [1.807, 2.05) is 12.2 Å². The molecule has 0 aromatic carbocycles. The molecule has 3 heteroatoms. The predicted octanol–water partition coefficient (Wildman–Crippen LogP) is 4.94. The first-order chi connectivity index (χ1) is 10.2. The number of hydrogen-bond donors (Lipinski definition) is 0. The summed E-state index contributed by atoms with van der Waals surface area (Å²) in [5.74, 6) is -1.12. The number of carbonyl (C=O) groups excluding carboxylic acids is 2. The molecule has 0 aliphatic carbocycles. The number of unbranched alkanes of at least 4 members (excludes halogenated alkanes) is 10. The van der Waals surface area contributed by atoms with Crippen molar-refractivity contribution in [1.29, 1.82) is 0 Å². The maximum Gasteiger partial charge on any atom is 0.321 e. The Morgan fingerprint density at radius 1 is 0.952 bits per heavy atom. The summed E-state index contributed by atoms with van der Waals surface area (Å²) in [7, 11) is 0. The van der Waals surface area contributed by atoms with E-state index >= 15 is 0 Å². The second kappa shape index (κ2) is 11.5. The second-order valence-electron chi connectivity index (χ2n) is 6.00. The average molecular weight is 294 g/mol. The van der Waals surface area contributed by atoms with E-state index in [1.165, 1.54) is 64.2 Å². The average Bonchev–Trinajstić information content (AvgIpc) is 2.78. The quantitative estimate of drug-likeness (QED) is 0.221. The first-order valence-electron chi connectivity index (χ1n) is 8.65. The van der Waals surface area contributed by atoms with Crippen molar-refractivity contribution in [1.82, 2.24) is 0 Å². The Hall–Kier alpha value is -1.12. The third-order valence-corrected chi connectivity index (χ3v) is 4.00. The molecule has 0 spiro atoms. The summed E-state index contributed by atoms with van der Waals surface area (Å²) in [6.45, 7) is 2.25. The van der Waals surface area contributed by atoms with Crippen LogP contribution >= 0.6 is 0 Å². The lowest BCUT2D eigenvalue weighted by Gasteiger charge is -2.01. The number of cyclic esters (lactones) is 2. The van der Waals surface area contributed by atoms with Gasteiger partial charge in [0.15, 0.2) is 0 Å². The highest BCUT2D eigenvalue weighted by Gasteiger charge is 2.30. The summed E-state index contributed by atoms with van der Waals surface area (Å²) in [5.41, 5.74) is 0. The van der Waals surface area contributed by atoms with Crippen LogP contribution in [-0.2, 0) is 14.3 Å². The molecule has 1 heterocycles. The SMILES string of the molecule is CCCCCCCCCCCC/C=C/C1CC(=O)OC1=O. The van der Waals surface area contributed by atoms with Crippen molar-refractivity contribution in [2.45, 2.75) is 84.0 Å². The van der Waals surface area contributed by atoms with Crippen LogP contribution in [0.4, 0.5) is 0 Å². The molecule has 0 N–H and O–H groups in total. The van der Waals surface area contributed by atoms with Gasteiger partial charge in [0.05, 0.1) is 12.3 Å². The van der Waals surface area contributed by atoms with Gasteiger partial charge >= 0.3 is 11.9 Å². The molecule has 1 saturated heterocycles. The van der Waals surface area contributed by atoms with E-state index in [9.17, 15) is 9.59 Å². The van der Waals surface area contributed by atoms with Gasteiger partial charge in [0.2, 0.25) is 0 Å². The van der Waals surface area contributed by atoms with Crippen LogP contribution in [0.15, 0.2) is 12.2 Å². The minimum absolute atomic E-state index is 0.216. The fourth-order valence-corrected chi connectivity index (χ4v) is 2.65. The number of carbonyl (C=O) groups is 2. The van der Waals surface area contributed by atoms with E-state index in [4.69, 9.17) is 0 Å². The standard InChI is InChI=1S/C18H30O3/c1-2-3-4-5-6-7-8-9-10-11-12-13-14-16-15-17(19)21-18(16)20/h13-14,16H,2-12,15H2,1H3/b14-13+. The summed E-state index contributed by atoms with van der Waals surface area (Å²) < 4.78 is 4.50. The van der Waals surface area contributed by atoms with Crippen molar-refractivity contribution in [2.24, 2.45) is 5.92 Å². The molecule has 1 aliphatic heterocycles. The van der Waals surface area contributed by atoms with E-state index in [0.29, 0.717) is 0 Å². The summed E-state index contributed by atoms with van der Waals surface area (Å²) in [4.78, 5) is 22.1. The Morgan fingerprint density at radius 3 is 2.05 bits per heavy atom. The molecule has 1 unspecified atom stereocenters. The van der Waals surface area contributed by atoms with Crippen molar-refractivity contribution in [3.63, 3.8) is 0 Å². The van der Waals surface area contributed by atoms with Gasteiger partial charge < -0.3 is 4.74 Å². The lowest BCUT2D eigenvalue weighted by Crippen LogP contribution is -2.03. The molecule has 0 saturated carbocycles. The number of rotatable bonds is 12. The zero-order chi connectivity index (χ0) is 15.3. The topological polar surface area (TPSA) is 43.4 Å². The summed E-state index contributed by atoms with van der Waals surface area (Å²) in [5, 5.41) is 0. The molecule has 1 fully saturated rings. The largest absolute Gasteiger partial charge is 0.393 e. The lowest BCUT2D eigenvalue weighted by atomic mass is 10.0. The van der Waals surface area contributed by atoms with Crippen LogP contribution in [0.25, 0.3) is 0 Å². The fourth-order valence-electron chi connectivity index (χ4n) is 2.65. The smallest absolute Gasteiger partial charge is 0.321 e. The van der Waals surface area contributed by atoms with Gasteiger partial charge in [-0.15, -0.1) is 0 Å². The fraction of sp³-hybridized carbons (Fsp3) is 0.778. The van der Waals surface area contributed by atoms with Gasteiger partial charge in [-0.1, -0.05) is 76.9 Å². The highest BCUT2D eigenvalue weighted by Crippen LogP contribution is 2.18. The first kappa shape index (κ1) is 17.9. The molecule has 0 radical (unpaired) electrons. The van der Waals surface area contributed by atoms with Crippen LogP contribution in [0.5, 0.6) is 0 Å². The van der Waals surface area contributed by atoms with Gasteiger partial charge in [-0.3, -0.25) is 9.59 Å². The molecule has 1 aliphatic rings. The minimum atomic E-state index is -0.395. The Kier molecular flexibility index (Phi) is 9.84. The van der Waals surface area contributed by atoms with Crippen molar-refractivity contribution >= 4 is 11.9 Å². The summed E-state index contributed by atoms with van der Waals surface area (Å²) in [6, 6.07) is 0. The Labute approximate surface area is 129 Å². The third-order valence-electron chi connectivity index (χ3n) is 4.00. The molecule has 120 valence electrons. The number of ether oxygens (including phenoxy) is 1. The van der Waals surface area contributed by atoms with Crippen LogP contribution < -0.4 is 0 Å². The summed E-state index contributed by atoms with van der Waals surface area (Å²) >= 11 is 0. The Morgan fingerprint density at radius 2 is 1.52 bits per heavy atom. The predicted molar refractivity (Wildman–Crippen MR) is 84.8 cm³/mol. The van der Waals surface area contributed by atoms with Gasteiger partial charge in [0, 0.05) is 0 Å². The molecule has 3 nitrogen and oxygen atoms in total. The molecule has 1 atom stereocenters. The lowest BCUT2D eigenvalue weighted by molar-refractivity contribution is -0.152. The summed E-state index contributed by atoms with van der Waals surface area (Å²) in [6.07, 6.45) is 18.4. The van der Waals surface area contributed by atoms with Crippen molar-refractivity contribution in [2.75, 3.05) is 0 Å². The minimum Gasteiger partial charge on any atom is -0.393 e. The van der Waals surface area contributed by atoms with Crippen LogP contribution in [-0.4, -0.2) is 11.9 Å². The molecular weight excluding hydrogens is 264 g/mol. The van der Waals surface area contributed by atoms with E-state index in [1.54, 1.807) is 0 Å². The van der Waals surface area contributed by atoms with Crippen molar-refractivity contribution < 1.29 is 14.3 Å². The maximum atomic E-state index is 11.2. The van der Waals surface area contributed by atoms with E-state index in [0.717, 1.165) is 6.42 Å². The van der Waals surface area contributed by atoms with Crippen LogP contribution in [0, 0.1) is 5.92 Å². The molecule has 0 amide bonds. The van der Waals surface area contributed by atoms with Crippen LogP contribution in [0.1, 0.15) is 84.0 Å². The molecule has 0 bridgehead atoms. The molecule has 21 heavy (non-hydrogen) atoms. The number of hydrogen-bond acceptors (Lipinski definition) is 3. The highest BCUT2D eigenvalue weighted by atomic mass is 16.6. The van der Waals surface area contributed by atoms with E-state index in [-0.39, 0.29) is 18.3 Å². The molecule has 0 aromatic heterocycles. The number of esters is 2. The monoisotopic (exact) mass is 294 g/mol. The second-order valence-corrected chi connectivity index (χ2v) is 6.00. The first-order valence-corrected chi connectivity index (χ1v) is 8.65. The molecule has 0 aromatic rings. The van der Waals surface area contributed by atoms with E-state index < -0.39 is 5.97 Å².